The highest BCUT2D eigenvalue weighted by atomic mass is 16.5. The van der Waals surface area contributed by atoms with Crippen LogP contribution in [0.1, 0.15) is 64.9 Å². The van der Waals surface area contributed by atoms with Crippen LogP contribution < -0.4 is 10.6 Å². The maximum absolute atomic E-state index is 13.1. The van der Waals surface area contributed by atoms with Crippen LogP contribution in [0.25, 0.3) is 5.69 Å². The molecule has 11 heteroatoms. The monoisotopic (exact) mass is 478 g/mol. The van der Waals surface area contributed by atoms with Crippen LogP contribution in [0, 0.1) is 5.92 Å². The number of hydrogen-bond donors (Lipinski definition) is 2. The molecule has 11 nitrogen and oxygen atoms in total. The Kier molecular flexibility index (Phi) is 5.17. The number of rotatable bonds is 5. The number of piperidine rings is 1. The van der Waals surface area contributed by atoms with Crippen molar-refractivity contribution >= 4 is 23.6 Å². The minimum atomic E-state index is -0.665. The molecule has 1 saturated carbocycles. The standard InChI is InChI=1S/C24H26N6O5/c31-20-6-5-19(22(33)25-20)29-11-14-3-4-16(10-17(14)23(29)34)30-12-18(27-28-30)21(32)26-24(7-8-24)15-2-1-9-35-13-15/h3-4,10,12,15,19H,1-2,5-9,11,13H2,(H,26,32)(H,25,31,33). The summed E-state index contributed by atoms with van der Waals surface area (Å²) in [5.41, 5.74) is 1.87. The number of aromatic nitrogens is 3. The predicted octanol–water partition coefficient (Wildman–Crippen LogP) is 0.717. The smallest absolute Gasteiger partial charge is 0.273 e. The summed E-state index contributed by atoms with van der Waals surface area (Å²) in [6.07, 6.45) is 6.02. The van der Waals surface area contributed by atoms with Crippen LogP contribution in [0.4, 0.5) is 0 Å². The Bertz CT molecular complexity index is 1230. The third-order valence-corrected chi connectivity index (χ3v) is 7.60. The van der Waals surface area contributed by atoms with E-state index in [-0.39, 0.29) is 35.4 Å². The van der Waals surface area contributed by atoms with Crippen molar-refractivity contribution in [1.82, 2.24) is 30.5 Å². The first-order chi connectivity index (χ1) is 16.9. The summed E-state index contributed by atoms with van der Waals surface area (Å²) in [4.78, 5) is 51.2. The van der Waals surface area contributed by atoms with Crippen molar-refractivity contribution in [2.75, 3.05) is 13.2 Å². The fraction of sp³-hybridized carbons (Fsp3) is 0.500. The number of imide groups is 1. The van der Waals surface area contributed by atoms with Crippen molar-refractivity contribution in [3.63, 3.8) is 0 Å². The lowest BCUT2D eigenvalue weighted by molar-refractivity contribution is -0.136. The normalized spacial score (nSPS) is 25.3. The van der Waals surface area contributed by atoms with Crippen LogP contribution in [-0.2, 0) is 20.9 Å². The molecule has 4 heterocycles. The van der Waals surface area contributed by atoms with E-state index >= 15 is 0 Å². The molecule has 2 N–H and O–H groups in total. The molecule has 4 aliphatic rings. The van der Waals surface area contributed by atoms with Crippen molar-refractivity contribution < 1.29 is 23.9 Å². The Hall–Kier alpha value is -3.60. The Morgan fingerprint density at radius 2 is 2.06 bits per heavy atom. The van der Waals surface area contributed by atoms with E-state index in [9.17, 15) is 19.2 Å². The Morgan fingerprint density at radius 1 is 1.20 bits per heavy atom. The Balaban J connectivity index is 1.17. The number of fused-ring (bicyclic) bond motifs is 1. The van der Waals surface area contributed by atoms with Gasteiger partial charge in [0.2, 0.25) is 11.8 Å². The highest BCUT2D eigenvalue weighted by molar-refractivity contribution is 6.05. The van der Waals surface area contributed by atoms with Crippen molar-refractivity contribution in [1.29, 1.82) is 0 Å². The third kappa shape index (κ3) is 3.89. The lowest BCUT2D eigenvalue weighted by Crippen LogP contribution is -2.52. The fourth-order valence-corrected chi connectivity index (χ4v) is 5.42. The zero-order valence-corrected chi connectivity index (χ0v) is 19.2. The summed E-state index contributed by atoms with van der Waals surface area (Å²) in [7, 11) is 0. The minimum absolute atomic E-state index is 0.208. The van der Waals surface area contributed by atoms with E-state index in [2.05, 4.69) is 20.9 Å². The Labute approximate surface area is 201 Å². The van der Waals surface area contributed by atoms with Gasteiger partial charge in [-0.25, -0.2) is 4.68 Å². The minimum Gasteiger partial charge on any atom is -0.381 e. The molecule has 0 bridgehead atoms. The molecule has 0 spiro atoms. The quantitative estimate of drug-likeness (QED) is 0.605. The molecule has 2 saturated heterocycles. The summed E-state index contributed by atoms with van der Waals surface area (Å²) in [5, 5.41) is 13.6. The second-order valence-corrected chi connectivity index (χ2v) is 9.81. The highest BCUT2D eigenvalue weighted by Crippen LogP contribution is 2.45. The van der Waals surface area contributed by atoms with Crippen LogP contribution in [0.2, 0.25) is 0 Å². The number of ether oxygens (including phenoxy) is 1. The number of carbonyl (C=O) groups excluding carboxylic acids is 4. The Morgan fingerprint density at radius 3 is 2.80 bits per heavy atom. The first-order valence-electron chi connectivity index (χ1n) is 12.0. The number of amides is 4. The first kappa shape index (κ1) is 21.9. The van der Waals surface area contributed by atoms with Gasteiger partial charge in [0, 0.05) is 36.6 Å². The number of nitrogens with one attached hydrogen (secondary N) is 2. The maximum Gasteiger partial charge on any atom is 0.273 e. The van der Waals surface area contributed by atoms with Gasteiger partial charge < -0.3 is 15.0 Å². The van der Waals surface area contributed by atoms with E-state index in [1.165, 1.54) is 9.58 Å². The van der Waals surface area contributed by atoms with Gasteiger partial charge in [-0.3, -0.25) is 24.5 Å². The predicted molar refractivity (Wildman–Crippen MR) is 120 cm³/mol. The lowest BCUT2D eigenvalue weighted by atomic mass is 9.91. The summed E-state index contributed by atoms with van der Waals surface area (Å²) < 4.78 is 7.08. The van der Waals surface area contributed by atoms with Gasteiger partial charge in [0.25, 0.3) is 11.8 Å². The number of carbonyl (C=O) groups is 4. The summed E-state index contributed by atoms with van der Waals surface area (Å²) in [5.74, 6) is -0.961. The molecule has 1 aromatic carbocycles. The topological polar surface area (TPSA) is 136 Å². The van der Waals surface area contributed by atoms with Crippen molar-refractivity contribution in [2.45, 2.75) is 56.7 Å². The summed E-state index contributed by atoms with van der Waals surface area (Å²) in [6, 6.07) is 4.65. The van der Waals surface area contributed by atoms with Crippen LogP contribution in [0.5, 0.6) is 0 Å². The molecule has 1 aliphatic carbocycles. The van der Waals surface area contributed by atoms with Gasteiger partial charge >= 0.3 is 0 Å². The van der Waals surface area contributed by atoms with Gasteiger partial charge in [0.05, 0.1) is 18.5 Å². The largest absolute Gasteiger partial charge is 0.381 e. The average Bonchev–Trinajstić information content (AvgIpc) is 3.33. The SMILES string of the molecule is O=C1CCC(N2Cc3ccc(-n4cc(C(=O)NC5(C6CCCOC6)CC5)nn4)cc3C2=O)C(=O)N1. The highest BCUT2D eigenvalue weighted by Gasteiger charge is 2.51. The number of benzene rings is 1. The zero-order chi connectivity index (χ0) is 24.2. The van der Waals surface area contributed by atoms with Crippen molar-refractivity contribution in [2.24, 2.45) is 5.92 Å². The van der Waals surface area contributed by atoms with Crippen LogP contribution >= 0.6 is 0 Å². The van der Waals surface area contributed by atoms with Gasteiger partial charge in [-0.05, 0) is 49.8 Å². The second-order valence-electron chi connectivity index (χ2n) is 9.81. The molecular weight excluding hydrogens is 452 g/mol. The number of hydrogen-bond acceptors (Lipinski definition) is 7. The fourth-order valence-electron chi connectivity index (χ4n) is 5.42. The lowest BCUT2D eigenvalue weighted by Gasteiger charge is -2.30. The van der Waals surface area contributed by atoms with Gasteiger partial charge in [0.15, 0.2) is 5.69 Å². The molecule has 182 valence electrons. The van der Waals surface area contributed by atoms with E-state index in [1.54, 1.807) is 18.3 Å². The van der Waals surface area contributed by atoms with Crippen molar-refractivity contribution in [3.8, 4) is 5.69 Å². The molecule has 0 radical (unpaired) electrons. The molecule has 3 fully saturated rings. The molecule has 35 heavy (non-hydrogen) atoms. The summed E-state index contributed by atoms with van der Waals surface area (Å²) in [6.45, 7) is 1.76. The van der Waals surface area contributed by atoms with Gasteiger partial charge in [-0.2, -0.15) is 0 Å². The van der Waals surface area contributed by atoms with Gasteiger partial charge in [-0.15, -0.1) is 5.10 Å². The molecule has 2 atom stereocenters. The molecule has 2 aromatic rings. The van der Waals surface area contributed by atoms with E-state index in [4.69, 9.17) is 4.74 Å². The molecular formula is C24H26N6O5. The van der Waals surface area contributed by atoms with Gasteiger partial charge in [-0.1, -0.05) is 11.3 Å². The van der Waals surface area contributed by atoms with E-state index in [0.717, 1.165) is 37.9 Å². The van der Waals surface area contributed by atoms with E-state index in [0.29, 0.717) is 36.7 Å². The maximum atomic E-state index is 13.1. The third-order valence-electron chi connectivity index (χ3n) is 7.60. The zero-order valence-electron chi connectivity index (χ0n) is 19.2. The van der Waals surface area contributed by atoms with Crippen LogP contribution in [-0.4, -0.2) is 68.3 Å². The van der Waals surface area contributed by atoms with Crippen LogP contribution in [0.3, 0.4) is 0 Å². The van der Waals surface area contributed by atoms with Crippen molar-refractivity contribution in [3.05, 3.63) is 41.2 Å². The second kappa shape index (κ2) is 8.26. The number of nitrogens with zero attached hydrogens (tertiary/aromatic N) is 4. The molecule has 3 aliphatic heterocycles. The summed E-state index contributed by atoms with van der Waals surface area (Å²) >= 11 is 0. The molecule has 6 rings (SSSR count). The first-order valence-corrected chi connectivity index (χ1v) is 12.0. The molecule has 4 amide bonds. The van der Waals surface area contributed by atoms with Gasteiger partial charge in [0.1, 0.15) is 6.04 Å². The molecule has 1 aromatic heterocycles. The molecule has 2 unspecified atom stereocenters. The van der Waals surface area contributed by atoms with Crippen LogP contribution in [0.15, 0.2) is 24.4 Å². The van der Waals surface area contributed by atoms with E-state index in [1.807, 2.05) is 6.07 Å². The van der Waals surface area contributed by atoms with E-state index < -0.39 is 11.9 Å². The average molecular weight is 479 g/mol.